The van der Waals surface area contributed by atoms with Gasteiger partial charge in [-0.05, 0) is 24.4 Å². The van der Waals surface area contributed by atoms with Crippen molar-refractivity contribution in [2.45, 2.75) is 6.92 Å². The van der Waals surface area contributed by atoms with Crippen LogP contribution >= 0.6 is 0 Å². The minimum Gasteiger partial charge on any atom is -0.422 e. The molecule has 2 aromatic carbocycles. The molecule has 0 spiro atoms. The lowest BCUT2D eigenvalue weighted by atomic mass is 10.0. The van der Waals surface area contributed by atoms with Crippen molar-refractivity contribution >= 4 is 27.5 Å². The molecular weight excluding hydrogens is 228 g/mol. The molecule has 0 aliphatic rings. The molecular formula is C15H10O3. The molecule has 1 aromatic heterocycles. The van der Waals surface area contributed by atoms with Crippen molar-refractivity contribution in [2.24, 2.45) is 0 Å². The summed E-state index contributed by atoms with van der Waals surface area (Å²) >= 11 is 0. The van der Waals surface area contributed by atoms with E-state index in [1.165, 1.54) is 6.92 Å². The normalized spacial score (nSPS) is 10.9. The van der Waals surface area contributed by atoms with Crippen LogP contribution in [0.4, 0.5) is 0 Å². The third-order valence-electron chi connectivity index (χ3n) is 3.03. The highest BCUT2D eigenvalue weighted by atomic mass is 16.4. The third-order valence-corrected chi connectivity index (χ3v) is 3.03. The van der Waals surface area contributed by atoms with Crippen LogP contribution in [0.15, 0.2) is 51.7 Å². The fraction of sp³-hybridized carbons (Fsp3) is 0.0667. The molecule has 0 amide bonds. The molecule has 0 aliphatic heterocycles. The summed E-state index contributed by atoms with van der Waals surface area (Å²) in [5.74, 6) is -0.0653. The smallest absolute Gasteiger partial charge is 0.344 e. The van der Waals surface area contributed by atoms with Gasteiger partial charge in [-0.2, -0.15) is 0 Å². The van der Waals surface area contributed by atoms with Crippen molar-refractivity contribution < 1.29 is 9.21 Å². The summed E-state index contributed by atoms with van der Waals surface area (Å²) < 4.78 is 5.24. The minimum atomic E-state index is -0.410. The van der Waals surface area contributed by atoms with Crippen molar-refractivity contribution in [3.63, 3.8) is 0 Å². The predicted molar refractivity (Wildman–Crippen MR) is 70.0 cm³/mol. The maximum absolute atomic E-state index is 11.9. The van der Waals surface area contributed by atoms with Gasteiger partial charge in [0.25, 0.3) is 0 Å². The zero-order valence-electron chi connectivity index (χ0n) is 9.77. The maximum atomic E-state index is 11.9. The molecule has 18 heavy (non-hydrogen) atoms. The van der Waals surface area contributed by atoms with E-state index in [9.17, 15) is 9.59 Å². The standard InChI is InChI=1S/C15H10O3/c1-9(16)10-6-7-11-12-4-2-3-5-14(12)18-15(17)13(11)8-10/h2-8H,1H3. The second-order valence-electron chi connectivity index (χ2n) is 4.20. The Balaban J connectivity index is 2.52. The van der Waals surface area contributed by atoms with E-state index in [0.29, 0.717) is 16.5 Å². The van der Waals surface area contributed by atoms with E-state index in [1.54, 1.807) is 24.3 Å². The van der Waals surface area contributed by atoms with Crippen molar-refractivity contribution in [3.8, 4) is 0 Å². The zero-order valence-corrected chi connectivity index (χ0v) is 9.77. The fourth-order valence-corrected chi connectivity index (χ4v) is 2.10. The van der Waals surface area contributed by atoms with Gasteiger partial charge in [0.05, 0.1) is 5.39 Å². The lowest BCUT2D eigenvalue weighted by Crippen LogP contribution is -2.02. The first-order valence-corrected chi connectivity index (χ1v) is 5.63. The van der Waals surface area contributed by atoms with E-state index in [4.69, 9.17) is 4.42 Å². The number of carbonyl (C=O) groups is 1. The van der Waals surface area contributed by atoms with Crippen LogP contribution in [0.25, 0.3) is 21.7 Å². The zero-order chi connectivity index (χ0) is 12.7. The molecule has 3 heteroatoms. The minimum absolute atomic E-state index is 0.0653. The van der Waals surface area contributed by atoms with Crippen molar-refractivity contribution in [1.82, 2.24) is 0 Å². The molecule has 0 unspecified atom stereocenters. The van der Waals surface area contributed by atoms with Gasteiger partial charge >= 0.3 is 5.63 Å². The molecule has 0 fully saturated rings. The van der Waals surface area contributed by atoms with E-state index in [-0.39, 0.29) is 5.78 Å². The fourth-order valence-electron chi connectivity index (χ4n) is 2.10. The van der Waals surface area contributed by atoms with Crippen LogP contribution < -0.4 is 5.63 Å². The van der Waals surface area contributed by atoms with Gasteiger partial charge in [0.15, 0.2) is 5.78 Å². The summed E-state index contributed by atoms with van der Waals surface area (Å²) in [5.41, 5.74) is 0.669. The largest absolute Gasteiger partial charge is 0.422 e. The van der Waals surface area contributed by atoms with Gasteiger partial charge in [0, 0.05) is 10.9 Å². The molecule has 0 N–H and O–H groups in total. The van der Waals surface area contributed by atoms with E-state index in [2.05, 4.69) is 0 Å². The molecule has 0 atom stereocenters. The topological polar surface area (TPSA) is 47.3 Å². The monoisotopic (exact) mass is 238 g/mol. The lowest BCUT2D eigenvalue weighted by molar-refractivity contribution is 0.101. The number of hydrogen-bond acceptors (Lipinski definition) is 3. The number of rotatable bonds is 1. The van der Waals surface area contributed by atoms with Crippen LogP contribution in [0.5, 0.6) is 0 Å². The van der Waals surface area contributed by atoms with Gasteiger partial charge in [0.1, 0.15) is 5.58 Å². The SMILES string of the molecule is CC(=O)c1ccc2c(c1)c(=O)oc1ccccc12. The molecule has 3 rings (SSSR count). The number of para-hydroxylation sites is 1. The van der Waals surface area contributed by atoms with Gasteiger partial charge in [-0.3, -0.25) is 4.79 Å². The summed E-state index contributed by atoms with van der Waals surface area (Å²) in [6, 6.07) is 12.5. The number of fused-ring (bicyclic) bond motifs is 3. The van der Waals surface area contributed by atoms with Crippen molar-refractivity contribution in [2.75, 3.05) is 0 Å². The molecule has 3 aromatic rings. The van der Waals surface area contributed by atoms with E-state index < -0.39 is 5.63 Å². The molecule has 0 aliphatic carbocycles. The molecule has 0 saturated heterocycles. The van der Waals surface area contributed by atoms with Crippen LogP contribution in [0, 0.1) is 0 Å². The highest BCUT2D eigenvalue weighted by molar-refractivity contribution is 6.07. The Hall–Kier alpha value is -2.42. The van der Waals surface area contributed by atoms with Crippen molar-refractivity contribution in [1.29, 1.82) is 0 Å². The highest BCUT2D eigenvalue weighted by Crippen LogP contribution is 2.23. The van der Waals surface area contributed by atoms with Crippen LogP contribution in [-0.4, -0.2) is 5.78 Å². The van der Waals surface area contributed by atoms with Gasteiger partial charge in [-0.25, -0.2) is 4.79 Å². The summed E-state index contributed by atoms with van der Waals surface area (Å²) in [4.78, 5) is 23.2. The summed E-state index contributed by atoms with van der Waals surface area (Å²) in [6.45, 7) is 1.48. The van der Waals surface area contributed by atoms with E-state index in [1.807, 2.05) is 18.2 Å². The van der Waals surface area contributed by atoms with Gasteiger partial charge in [-0.1, -0.05) is 30.3 Å². The Morgan fingerprint density at radius 3 is 2.56 bits per heavy atom. The number of ketones is 1. The van der Waals surface area contributed by atoms with E-state index >= 15 is 0 Å². The van der Waals surface area contributed by atoms with Crippen LogP contribution in [0.3, 0.4) is 0 Å². The lowest BCUT2D eigenvalue weighted by Gasteiger charge is -2.03. The Morgan fingerprint density at radius 2 is 1.78 bits per heavy atom. The van der Waals surface area contributed by atoms with Crippen LogP contribution in [0.1, 0.15) is 17.3 Å². The average Bonchev–Trinajstić information content (AvgIpc) is 2.38. The summed E-state index contributed by atoms with van der Waals surface area (Å²) in [5, 5.41) is 2.13. The van der Waals surface area contributed by atoms with Crippen LogP contribution in [-0.2, 0) is 0 Å². The van der Waals surface area contributed by atoms with Crippen LogP contribution in [0.2, 0.25) is 0 Å². The quantitative estimate of drug-likeness (QED) is 0.371. The van der Waals surface area contributed by atoms with Gasteiger partial charge in [0.2, 0.25) is 0 Å². The second-order valence-corrected chi connectivity index (χ2v) is 4.20. The first-order valence-electron chi connectivity index (χ1n) is 5.63. The summed E-state index contributed by atoms with van der Waals surface area (Å²) in [6.07, 6.45) is 0. The third kappa shape index (κ3) is 1.52. The molecule has 88 valence electrons. The Labute approximate surface area is 103 Å². The maximum Gasteiger partial charge on any atom is 0.344 e. The summed E-state index contributed by atoms with van der Waals surface area (Å²) in [7, 11) is 0. The average molecular weight is 238 g/mol. The molecule has 1 heterocycles. The van der Waals surface area contributed by atoms with Gasteiger partial charge in [-0.15, -0.1) is 0 Å². The first-order chi connectivity index (χ1) is 8.66. The Kier molecular flexibility index (Phi) is 2.27. The number of Topliss-reactive ketones (excluding diaryl/α,β-unsaturated/α-hetero) is 1. The Morgan fingerprint density at radius 1 is 1.00 bits per heavy atom. The Bertz CT molecular complexity index is 828. The first kappa shape index (κ1) is 10.7. The predicted octanol–water partition coefficient (Wildman–Crippen LogP) is 3.15. The highest BCUT2D eigenvalue weighted by Gasteiger charge is 2.08. The number of benzene rings is 2. The van der Waals surface area contributed by atoms with Gasteiger partial charge < -0.3 is 4.42 Å². The molecule has 3 nitrogen and oxygen atoms in total. The molecule has 0 bridgehead atoms. The number of carbonyl (C=O) groups excluding carboxylic acids is 1. The van der Waals surface area contributed by atoms with E-state index in [0.717, 1.165) is 10.8 Å². The second kappa shape index (κ2) is 3.81. The molecule has 0 radical (unpaired) electrons. The number of hydrogen-bond donors (Lipinski definition) is 0. The van der Waals surface area contributed by atoms with Crippen molar-refractivity contribution in [3.05, 3.63) is 58.4 Å². The molecule has 0 saturated carbocycles.